The number of fused-ring (bicyclic) bond motifs is 5. The molecule has 110 valence electrons. The van der Waals surface area contributed by atoms with Crippen LogP contribution in [0.5, 0.6) is 0 Å². The van der Waals surface area contributed by atoms with Gasteiger partial charge in [0.1, 0.15) is 0 Å². The maximum Gasteiger partial charge on any atom is 0.0361 e. The van der Waals surface area contributed by atoms with E-state index < -0.39 is 0 Å². The van der Waals surface area contributed by atoms with Crippen LogP contribution in [0, 0.1) is 0 Å². The summed E-state index contributed by atoms with van der Waals surface area (Å²) in [5.41, 5.74) is 1.40. The summed E-state index contributed by atoms with van der Waals surface area (Å²) >= 11 is 1.90. The average Bonchev–Trinajstić information content (AvgIpc) is 2.93. The minimum atomic E-state index is 1.09. The van der Waals surface area contributed by atoms with E-state index in [1.54, 1.807) is 0 Å². The van der Waals surface area contributed by atoms with Crippen molar-refractivity contribution in [2.45, 2.75) is 13.3 Å². The number of hydrogen-bond donors (Lipinski definition) is 0. The van der Waals surface area contributed by atoms with Crippen molar-refractivity contribution in [1.29, 1.82) is 0 Å². The monoisotopic (exact) mass is 312 g/mol. The van der Waals surface area contributed by atoms with E-state index in [4.69, 9.17) is 0 Å². The van der Waals surface area contributed by atoms with Crippen molar-refractivity contribution < 1.29 is 0 Å². The molecule has 0 atom stereocenters. The van der Waals surface area contributed by atoms with Crippen molar-refractivity contribution in [3.8, 4) is 0 Å². The lowest BCUT2D eigenvalue weighted by molar-refractivity contribution is 1.15. The zero-order valence-electron chi connectivity index (χ0n) is 13.0. The van der Waals surface area contributed by atoms with Gasteiger partial charge >= 0.3 is 0 Å². The molecule has 0 saturated heterocycles. The van der Waals surface area contributed by atoms with Gasteiger partial charge in [-0.1, -0.05) is 49.4 Å². The molecule has 5 aromatic rings. The second-order valence-corrected chi connectivity index (χ2v) is 7.26. The fourth-order valence-corrected chi connectivity index (χ4v) is 4.64. The van der Waals surface area contributed by atoms with Gasteiger partial charge in [-0.15, -0.1) is 11.3 Å². The van der Waals surface area contributed by atoms with Gasteiger partial charge in [-0.2, -0.15) is 0 Å². The zero-order chi connectivity index (χ0) is 15.4. The fraction of sp³-hybridized carbons (Fsp3) is 0.0909. The van der Waals surface area contributed by atoms with E-state index in [-0.39, 0.29) is 0 Å². The third-order valence-corrected chi connectivity index (χ3v) is 5.88. The van der Waals surface area contributed by atoms with Gasteiger partial charge in [-0.05, 0) is 57.8 Å². The summed E-state index contributed by atoms with van der Waals surface area (Å²) in [7, 11) is 0. The molecule has 0 unspecified atom stereocenters. The van der Waals surface area contributed by atoms with Gasteiger partial charge < -0.3 is 0 Å². The Kier molecular flexibility index (Phi) is 2.74. The Morgan fingerprint density at radius 2 is 1.26 bits per heavy atom. The number of thiophene rings is 1. The van der Waals surface area contributed by atoms with Crippen molar-refractivity contribution >= 4 is 53.1 Å². The van der Waals surface area contributed by atoms with Crippen molar-refractivity contribution in [3.63, 3.8) is 0 Å². The van der Waals surface area contributed by atoms with Gasteiger partial charge in [-0.25, -0.2) is 0 Å². The first kappa shape index (κ1) is 13.1. The summed E-state index contributed by atoms with van der Waals surface area (Å²) in [6.07, 6.45) is 1.09. The van der Waals surface area contributed by atoms with Crippen LogP contribution < -0.4 is 0 Å². The van der Waals surface area contributed by atoms with Crippen LogP contribution in [-0.4, -0.2) is 0 Å². The maximum absolute atomic E-state index is 2.37. The van der Waals surface area contributed by atoms with E-state index in [2.05, 4.69) is 73.7 Å². The van der Waals surface area contributed by atoms with Gasteiger partial charge in [-0.3, -0.25) is 0 Å². The maximum atomic E-state index is 2.37. The smallest absolute Gasteiger partial charge is 0.0361 e. The standard InChI is InChI=1S/C22H16S/c1-2-14-7-8-17-13-22-20(11-18(17)9-14)19-10-15-5-3-4-6-16(15)12-21(19)23-22/h3-13H,2H2,1H3. The number of hydrogen-bond acceptors (Lipinski definition) is 1. The number of benzene rings is 4. The molecule has 0 fully saturated rings. The highest BCUT2D eigenvalue weighted by atomic mass is 32.1. The van der Waals surface area contributed by atoms with Gasteiger partial charge in [0.15, 0.2) is 0 Å². The second-order valence-electron chi connectivity index (χ2n) is 6.18. The summed E-state index contributed by atoms with van der Waals surface area (Å²) in [5, 5.41) is 8.10. The molecule has 0 nitrogen and oxygen atoms in total. The van der Waals surface area contributed by atoms with Crippen molar-refractivity contribution in [3.05, 3.63) is 72.3 Å². The normalized spacial score (nSPS) is 11.9. The van der Waals surface area contributed by atoms with Crippen LogP contribution in [0.4, 0.5) is 0 Å². The molecule has 0 aliphatic carbocycles. The van der Waals surface area contributed by atoms with E-state index in [1.165, 1.54) is 47.3 Å². The van der Waals surface area contributed by atoms with E-state index in [0.29, 0.717) is 0 Å². The molecule has 0 spiro atoms. The molecule has 1 heterocycles. The van der Waals surface area contributed by atoms with Gasteiger partial charge in [0.25, 0.3) is 0 Å². The fourth-order valence-electron chi connectivity index (χ4n) is 3.47. The average molecular weight is 312 g/mol. The molecule has 1 heteroatoms. The van der Waals surface area contributed by atoms with E-state index in [1.807, 2.05) is 11.3 Å². The minimum absolute atomic E-state index is 1.09. The Morgan fingerprint density at radius 3 is 1.96 bits per heavy atom. The summed E-state index contributed by atoms with van der Waals surface area (Å²) in [4.78, 5) is 0. The van der Waals surface area contributed by atoms with Crippen LogP contribution in [0.15, 0.2) is 66.7 Å². The molecule has 0 radical (unpaired) electrons. The number of rotatable bonds is 1. The molecule has 0 N–H and O–H groups in total. The predicted octanol–water partition coefficient (Wildman–Crippen LogP) is 6.92. The Labute approximate surface area is 139 Å². The van der Waals surface area contributed by atoms with Crippen LogP contribution >= 0.6 is 11.3 Å². The SMILES string of the molecule is CCc1ccc2cc3sc4cc5ccccc5cc4c3cc2c1. The summed E-state index contributed by atoms with van der Waals surface area (Å²) in [6.45, 7) is 2.21. The highest BCUT2D eigenvalue weighted by molar-refractivity contribution is 7.26. The highest BCUT2D eigenvalue weighted by Crippen LogP contribution is 2.38. The molecule has 1 aromatic heterocycles. The van der Waals surface area contributed by atoms with Crippen LogP contribution in [0.2, 0.25) is 0 Å². The number of aryl methyl sites for hydroxylation is 1. The molecule has 0 bridgehead atoms. The molecular formula is C22H16S. The third kappa shape index (κ3) is 1.97. The Bertz CT molecular complexity index is 1190. The Hall–Kier alpha value is -2.38. The van der Waals surface area contributed by atoms with E-state index >= 15 is 0 Å². The zero-order valence-corrected chi connectivity index (χ0v) is 13.8. The first-order valence-electron chi connectivity index (χ1n) is 8.09. The first-order chi connectivity index (χ1) is 11.3. The topological polar surface area (TPSA) is 0 Å². The van der Waals surface area contributed by atoms with Crippen molar-refractivity contribution in [1.82, 2.24) is 0 Å². The van der Waals surface area contributed by atoms with Crippen LogP contribution in [0.3, 0.4) is 0 Å². The molecule has 0 saturated carbocycles. The molecule has 0 aliphatic rings. The van der Waals surface area contributed by atoms with Crippen molar-refractivity contribution in [2.75, 3.05) is 0 Å². The van der Waals surface area contributed by atoms with E-state index in [0.717, 1.165) is 6.42 Å². The summed E-state index contributed by atoms with van der Waals surface area (Å²) < 4.78 is 2.76. The lowest BCUT2D eigenvalue weighted by Gasteiger charge is -2.02. The Balaban J connectivity index is 1.92. The molecule has 0 amide bonds. The lowest BCUT2D eigenvalue weighted by Crippen LogP contribution is -1.80. The molecule has 4 aromatic carbocycles. The summed E-state index contributed by atoms with van der Waals surface area (Å²) in [6, 6.07) is 24.9. The van der Waals surface area contributed by atoms with Crippen molar-refractivity contribution in [2.24, 2.45) is 0 Å². The van der Waals surface area contributed by atoms with E-state index in [9.17, 15) is 0 Å². The van der Waals surface area contributed by atoms with Crippen LogP contribution in [0.25, 0.3) is 41.7 Å². The minimum Gasteiger partial charge on any atom is -0.135 e. The van der Waals surface area contributed by atoms with Gasteiger partial charge in [0.05, 0.1) is 0 Å². The molecule has 5 rings (SSSR count). The van der Waals surface area contributed by atoms with Crippen LogP contribution in [0.1, 0.15) is 12.5 Å². The molecule has 0 aliphatic heterocycles. The summed E-state index contributed by atoms with van der Waals surface area (Å²) in [5.74, 6) is 0. The third-order valence-electron chi connectivity index (χ3n) is 4.77. The molecular weight excluding hydrogens is 296 g/mol. The van der Waals surface area contributed by atoms with Gasteiger partial charge in [0.2, 0.25) is 0 Å². The largest absolute Gasteiger partial charge is 0.135 e. The van der Waals surface area contributed by atoms with Gasteiger partial charge in [0, 0.05) is 20.2 Å². The predicted molar refractivity (Wildman–Crippen MR) is 104 cm³/mol. The highest BCUT2D eigenvalue weighted by Gasteiger charge is 2.08. The lowest BCUT2D eigenvalue weighted by atomic mass is 10.0. The van der Waals surface area contributed by atoms with Crippen LogP contribution in [-0.2, 0) is 6.42 Å². The molecule has 23 heavy (non-hydrogen) atoms. The Morgan fingerprint density at radius 1 is 0.652 bits per heavy atom. The quantitative estimate of drug-likeness (QED) is 0.315. The second kappa shape index (κ2) is 4.81. The first-order valence-corrected chi connectivity index (χ1v) is 8.91.